The van der Waals surface area contributed by atoms with Gasteiger partial charge in [0.15, 0.2) is 5.78 Å². The average Bonchev–Trinajstić information content (AvgIpc) is 2.51. The van der Waals surface area contributed by atoms with Crippen molar-refractivity contribution in [1.82, 2.24) is 0 Å². The minimum atomic E-state index is 0.276. The summed E-state index contributed by atoms with van der Waals surface area (Å²) in [5, 5.41) is 0. The van der Waals surface area contributed by atoms with Gasteiger partial charge in [0, 0.05) is 12.0 Å². The van der Waals surface area contributed by atoms with Crippen molar-refractivity contribution >= 4 is 5.78 Å². The van der Waals surface area contributed by atoms with E-state index in [1.165, 1.54) is 44.1 Å². The van der Waals surface area contributed by atoms with Crippen LogP contribution in [0.15, 0.2) is 18.2 Å². The van der Waals surface area contributed by atoms with Crippen LogP contribution >= 0.6 is 0 Å². The fourth-order valence-corrected chi connectivity index (χ4v) is 2.95. The molecule has 0 saturated carbocycles. The molecule has 0 aliphatic heterocycles. The lowest BCUT2D eigenvalue weighted by Gasteiger charge is -2.16. The van der Waals surface area contributed by atoms with Crippen LogP contribution in [0.3, 0.4) is 0 Å². The maximum absolute atomic E-state index is 11.9. The zero-order valence-corrected chi connectivity index (χ0v) is 13.3. The van der Waals surface area contributed by atoms with Gasteiger partial charge in [-0.15, -0.1) is 0 Å². The van der Waals surface area contributed by atoms with Crippen LogP contribution in [0.4, 0.5) is 0 Å². The highest BCUT2D eigenvalue weighted by atomic mass is 16.5. The van der Waals surface area contributed by atoms with E-state index in [1.54, 1.807) is 0 Å². The first-order chi connectivity index (χ1) is 10.3. The van der Waals surface area contributed by atoms with Crippen LogP contribution < -0.4 is 4.74 Å². The molecule has 0 N–H and O–H groups in total. The summed E-state index contributed by atoms with van der Waals surface area (Å²) in [6.07, 6.45) is 11.7. The Morgan fingerprint density at radius 3 is 2.57 bits per heavy atom. The van der Waals surface area contributed by atoms with Crippen molar-refractivity contribution in [2.45, 2.75) is 71.1 Å². The number of Topliss-reactive ketones (excluding diaryl/α,β-unsaturated/α-hetero) is 1. The molecule has 0 radical (unpaired) electrons. The highest BCUT2D eigenvalue weighted by Crippen LogP contribution is 2.25. The summed E-state index contributed by atoms with van der Waals surface area (Å²) in [7, 11) is 0. The molecule has 1 aliphatic carbocycles. The lowest BCUT2D eigenvalue weighted by Crippen LogP contribution is -2.11. The van der Waals surface area contributed by atoms with Gasteiger partial charge in [0.25, 0.3) is 0 Å². The maximum Gasteiger partial charge on any atom is 0.163 e. The van der Waals surface area contributed by atoms with Crippen molar-refractivity contribution in [2.75, 3.05) is 6.61 Å². The number of hydrogen-bond donors (Lipinski definition) is 0. The van der Waals surface area contributed by atoms with E-state index in [1.807, 2.05) is 12.1 Å². The smallest absolute Gasteiger partial charge is 0.163 e. The normalized spacial score (nSPS) is 14.0. The molecule has 0 unspecified atom stereocenters. The number of rotatable bonds is 9. The van der Waals surface area contributed by atoms with Gasteiger partial charge in [-0.3, -0.25) is 4.79 Å². The average molecular weight is 288 g/mol. The molecule has 2 nitrogen and oxygen atoms in total. The number of ketones is 1. The second-order valence-corrected chi connectivity index (χ2v) is 6.07. The number of aryl methyl sites for hydroxylation is 1. The Hall–Kier alpha value is -1.31. The standard InChI is InChI=1S/C19H28O2/c1-2-3-4-5-6-7-8-14-21-17-13-12-16-10-9-11-19(20)18(16)15-17/h12-13,15H,2-11,14H2,1H3. The lowest BCUT2D eigenvalue weighted by molar-refractivity contribution is 0.0972. The number of carbonyl (C=O) groups is 1. The number of fused-ring (bicyclic) bond motifs is 1. The molecule has 0 fully saturated rings. The molecule has 0 atom stereocenters. The van der Waals surface area contributed by atoms with Crippen LogP contribution in [-0.4, -0.2) is 12.4 Å². The second-order valence-electron chi connectivity index (χ2n) is 6.07. The van der Waals surface area contributed by atoms with Gasteiger partial charge >= 0.3 is 0 Å². The molecule has 0 amide bonds. The Bertz CT molecular complexity index is 451. The van der Waals surface area contributed by atoms with E-state index < -0.39 is 0 Å². The number of benzene rings is 1. The molecule has 1 aromatic carbocycles. The first-order valence-electron chi connectivity index (χ1n) is 8.60. The third-order valence-corrected chi connectivity index (χ3v) is 4.25. The highest BCUT2D eigenvalue weighted by Gasteiger charge is 2.17. The van der Waals surface area contributed by atoms with Crippen molar-refractivity contribution in [3.8, 4) is 5.75 Å². The largest absolute Gasteiger partial charge is 0.494 e. The summed E-state index contributed by atoms with van der Waals surface area (Å²) in [6.45, 7) is 3.01. The molecule has 0 bridgehead atoms. The Balaban J connectivity index is 1.67. The lowest BCUT2D eigenvalue weighted by atomic mass is 9.90. The monoisotopic (exact) mass is 288 g/mol. The third-order valence-electron chi connectivity index (χ3n) is 4.25. The van der Waals surface area contributed by atoms with E-state index in [0.717, 1.165) is 37.2 Å². The molecule has 2 rings (SSSR count). The molecule has 0 heterocycles. The number of hydrogen-bond acceptors (Lipinski definition) is 2. The SMILES string of the molecule is CCCCCCCCCOc1ccc2c(c1)C(=O)CCC2. The van der Waals surface area contributed by atoms with E-state index in [-0.39, 0.29) is 5.78 Å². The van der Waals surface area contributed by atoms with Crippen LogP contribution in [0.1, 0.15) is 80.6 Å². The van der Waals surface area contributed by atoms with Gasteiger partial charge in [-0.05, 0) is 37.0 Å². The van der Waals surface area contributed by atoms with E-state index in [4.69, 9.17) is 4.74 Å². The number of carbonyl (C=O) groups excluding carboxylic acids is 1. The molecule has 1 aliphatic rings. The van der Waals surface area contributed by atoms with Crippen molar-refractivity contribution in [2.24, 2.45) is 0 Å². The van der Waals surface area contributed by atoms with Gasteiger partial charge in [-0.25, -0.2) is 0 Å². The highest BCUT2D eigenvalue weighted by molar-refractivity contribution is 5.98. The van der Waals surface area contributed by atoms with E-state index in [2.05, 4.69) is 13.0 Å². The molecule has 116 valence electrons. The summed E-state index contributed by atoms with van der Waals surface area (Å²) < 4.78 is 5.80. The van der Waals surface area contributed by atoms with Gasteiger partial charge in [-0.2, -0.15) is 0 Å². The van der Waals surface area contributed by atoms with Gasteiger partial charge in [0.1, 0.15) is 5.75 Å². The Kier molecular flexibility index (Phi) is 6.78. The first-order valence-corrected chi connectivity index (χ1v) is 8.60. The number of ether oxygens (including phenoxy) is 1. The number of unbranched alkanes of at least 4 members (excludes halogenated alkanes) is 6. The third kappa shape index (κ3) is 5.18. The summed E-state index contributed by atoms with van der Waals surface area (Å²) in [5.74, 6) is 1.13. The molecular formula is C19H28O2. The zero-order valence-electron chi connectivity index (χ0n) is 13.3. The molecule has 2 heteroatoms. The van der Waals surface area contributed by atoms with Crippen LogP contribution in [0.25, 0.3) is 0 Å². The Morgan fingerprint density at radius 1 is 1.00 bits per heavy atom. The molecule has 1 aromatic rings. The maximum atomic E-state index is 11.9. The quantitative estimate of drug-likeness (QED) is 0.574. The van der Waals surface area contributed by atoms with Gasteiger partial charge in [0.05, 0.1) is 6.61 Å². The minimum absolute atomic E-state index is 0.276. The van der Waals surface area contributed by atoms with Crippen LogP contribution in [0, 0.1) is 0 Å². The molecular weight excluding hydrogens is 260 g/mol. The zero-order chi connectivity index (χ0) is 14.9. The van der Waals surface area contributed by atoms with Crippen molar-refractivity contribution in [3.63, 3.8) is 0 Å². The van der Waals surface area contributed by atoms with Gasteiger partial charge < -0.3 is 4.74 Å². The van der Waals surface area contributed by atoms with Crippen molar-refractivity contribution in [3.05, 3.63) is 29.3 Å². The van der Waals surface area contributed by atoms with Crippen LogP contribution in [0.2, 0.25) is 0 Å². The van der Waals surface area contributed by atoms with Gasteiger partial charge in [-0.1, -0.05) is 51.5 Å². The molecule has 21 heavy (non-hydrogen) atoms. The predicted molar refractivity (Wildman–Crippen MR) is 87.2 cm³/mol. The topological polar surface area (TPSA) is 26.3 Å². The van der Waals surface area contributed by atoms with Crippen molar-refractivity contribution < 1.29 is 9.53 Å². The fraction of sp³-hybridized carbons (Fsp3) is 0.632. The summed E-state index contributed by atoms with van der Waals surface area (Å²) in [6, 6.07) is 6.02. The summed E-state index contributed by atoms with van der Waals surface area (Å²) in [4.78, 5) is 11.9. The molecule has 0 saturated heterocycles. The minimum Gasteiger partial charge on any atom is -0.494 e. The van der Waals surface area contributed by atoms with E-state index >= 15 is 0 Å². The Labute approximate surface area is 128 Å². The summed E-state index contributed by atoms with van der Waals surface area (Å²) in [5.41, 5.74) is 2.08. The molecule has 0 spiro atoms. The first kappa shape index (κ1) is 16.1. The fourth-order valence-electron chi connectivity index (χ4n) is 2.95. The van der Waals surface area contributed by atoms with Crippen LogP contribution in [0.5, 0.6) is 5.75 Å². The predicted octanol–water partition coefficient (Wildman–Crippen LogP) is 5.34. The van der Waals surface area contributed by atoms with E-state index in [0.29, 0.717) is 6.42 Å². The second kappa shape index (κ2) is 8.86. The van der Waals surface area contributed by atoms with Crippen molar-refractivity contribution in [1.29, 1.82) is 0 Å². The summed E-state index contributed by atoms with van der Waals surface area (Å²) >= 11 is 0. The van der Waals surface area contributed by atoms with Gasteiger partial charge in [0.2, 0.25) is 0 Å². The van der Waals surface area contributed by atoms with E-state index in [9.17, 15) is 4.79 Å². The molecule has 0 aromatic heterocycles. The van der Waals surface area contributed by atoms with Crippen LogP contribution in [-0.2, 0) is 6.42 Å². The Morgan fingerprint density at radius 2 is 1.76 bits per heavy atom.